The molecule has 0 spiro atoms. The highest BCUT2D eigenvalue weighted by Crippen LogP contribution is 2.30. The number of nitriles is 1. The summed E-state index contributed by atoms with van der Waals surface area (Å²) in [5.74, 6) is -0.199. The van der Waals surface area contributed by atoms with Crippen LogP contribution in [0.4, 0.5) is 11.5 Å². The number of para-hydroxylation sites is 1. The topological polar surface area (TPSA) is 134 Å². The smallest absolute Gasteiger partial charge is 0.268 e. The predicted octanol–water partition coefficient (Wildman–Crippen LogP) is 2.68. The van der Waals surface area contributed by atoms with E-state index in [9.17, 15) is 9.90 Å². The van der Waals surface area contributed by atoms with Crippen molar-refractivity contribution in [3.63, 3.8) is 0 Å². The minimum absolute atomic E-state index is 0.102. The third-order valence-electron chi connectivity index (χ3n) is 5.18. The van der Waals surface area contributed by atoms with E-state index in [4.69, 9.17) is 16.1 Å². The highest BCUT2D eigenvalue weighted by molar-refractivity contribution is 6.07. The average molecular weight is 439 g/mol. The van der Waals surface area contributed by atoms with Gasteiger partial charge in [-0.2, -0.15) is 10.4 Å². The van der Waals surface area contributed by atoms with Gasteiger partial charge in [0.2, 0.25) is 0 Å². The van der Waals surface area contributed by atoms with E-state index < -0.39 is 5.91 Å². The Kier molecular flexibility index (Phi) is 6.11. The number of aromatic nitrogens is 4. The number of benzene rings is 2. The molecule has 0 radical (unpaired) electrons. The van der Waals surface area contributed by atoms with Gasteiger partial charge in [-0.25, -0.2) is 14.6 Å². The minimum atomic E-state index is -0.481. The highest BCUT2D eigenvalue weighted by atomic mass is 16.3. The predicted molar refractivity (Wildman–Crippen MR) is 125 cm³/mol. The van der Waals surface area contributed by atoms with E-state index in [1.807, 2.05) is 48.5 Å². The second-order valence-corrected chi connectivity index (χ2v) is 7.27. The van der Waals surface area contributed by atoms with Gasteiger partial charge < -0.3 is 15.7 Å². The molecule has 2 heterocycles. The summed E-state index contributed by atoms with van der Waals surface area (Å²) in [4.78, 5) is 22.8. The number of aliphatic hydroxyl groups excluding tert-OH is 1. The Morgan fingerprint density at radius 1 is 1.18 bits per heavy atom. The Balaban J connectivity index is 1.74. The van der Waals surface area contributed by atoms with Gasteiger partial charge in [-0.15, -0.1) is 0 Å². The number of nitrogens with zero attached hydrogens (tertiary/aromatic N) is 6. The van der Waals surface area contributed by atoms with Crippen LogP contribution in [0, 0.1) is 11.3 Å². The van der Waals surface area contributed by atoms with Crippen molar-refractivity contribution in [2.45, 2.75) is 13.2 Å². The monoisotopic (exact) mass is 439 g/mol. The van der Waals surface area contributed by atoms with Crippen LogP contribution >= 0.6 is 0 Å². The van der Waals surface area contributed by atoms with Gasteiger partial charge in [0.25, 0.3) is 5.91 Å². The second kappa shape index (κ2) is 9.30. The molecule has 0 aliphatic rings. The van der Waals surface area contributed by atoms with Crippen molar-refractivity contribution in [3.05, 3.63) is 78.6 Å². The largest absolute Gasteiger partial charge is 0.392 e. The van der Waals surface area contributed by atoms with Crippen LogP contribution in [0.1, 0.15) is 5.56 Å². The van der Waals surface area contributed by atoms with E-state index in [-0.39, 0.29) is 31.1 Å². The van der Waals surface area contributed by atoms with Crippen LogP contribution in [0.5, 0.6) is 0 Å². The Bertz CT molecular complexity index is 1370. The summed E-state index contributed by atoms with van der Waals surface area (Å²) in [7, 11) is 0. The maximum atomic E-state index is 12.8. The van der Waals surface area contributed by atoms with Crippen molar-refractivity contribution in [2.75, 3.05) is 17.2 Å². The molecule has 0 bridgehead atoms. The van der Waals surface area contributed by atoms with Crippen molar-refractivity contribution in [3.8, 4) is 17.3 Å². The van der Waals surface area contributed by atoms with Crippen molar-refractivity contribution in [1.29, 1.82) is 5.26 Å². The normalized spacial score (nSPS) is 10.7. The van der Waals surface area contributed by atoms with Crippen LogP contribution in [0.25, 0.3) is 22.3 Å². The van der Waals surface area contributed by atoms with Gasteiger partial charge in [-0.05, 0) is 23.8 Å². The van der Waals surface area contributed by atoms with Crippen LogP contribution in [-0.2, 0) is 17.9 Å². The average Bonchev–Trinajstić information content (AvgIpc) is 3.24. The lowest BCUT2D eigenvalue weighted by Gasteiger charge is -2.22. The van der Waals surface area contributed by atoms with Gasteiger partial charge in [-0.3, -0.25) is 4.79 Å². The lowest BCUT2D eigenvalue weighted by molar-refractivity contribution is -0.114. The summed E-state index contributed by atoms with van der Waals surface area (Å²) in [6.45, 7) is 3.97. The van der Waals surface area contributed by atoms with Crippen LogP contribution < -0.4 is 10.6 Å². The number of hydrogen-bond donors (Lipinski definition) is 2. The van der Waals surface area contributed by atoms with Crippen molar-refractivity contribution in [2.24, 2.45) is 0 Å². The number of fused-ring (bicyclic) bond motifs is 1. The molecule has 0 atom stereocenters. The first kappa shape index (κ1) is 21.7. The molecule has 0 unspecified atom stereocenters. The van der Waals surface area contributed by atoms with Crippen LogP contribution in [0.15, 0.2) is 73.1 Å². The van der Waals surface area contributed by atoms with Gasteiger partial charge in [0.15, 0.2) is 5.65 Å². The second-order valence-electron chi connectivity index (χ2n) is 7.27. The van der Waals surface area contributed by atoms with Crippen molar-refractivity contribution >= 4 is 28.4 Å². The molecule has 0 fully saturated rings. The molecular weight excluding hydrogens is 418 g/mol. The lowest BCUT2D eigenvalue weighted by atomic mass is 10.1. The number of nitrogens with two attached hydrogens (primary N) is 1. The fourth-order valence-corrected chi connectivity index (χ4v) is 3.57. The summed E-state index contributed by atoms with van der Waals surface area (Å²) >= 11 is 0. The first-order valence-electron chi connectivity index (χ1n) is 10.2. The fourth-order valence-electron chi connectivity index (χ4n) is 3.57. The standard InChI is InChI=1S/C24H21N7O2/c1-16(13-25)24(33)30(19-8-3-2-4-9-19)10-11-31-23-20(22(26)27-15-28-23)21(29-31)18-7-5-6-17(12-18)14-32/h2-9,12,15,32H,1,10-11,14H2,(H2,26,27,28). The molecule has 164 valence electrons. The van der Waals surface area contributed by atoms with Crippen LogP contribution in [0.3, 0.4) is 0 Å². The first-order valence-corrected chi connectivity index (χ1v) is 10.2. The van der Waals surface area contributed by atoms with Crippen molar-refractivity contribution in [1.82, 2.24) is 19.7 Å². The number of rotatable bonds is 7. The zero-order chi connectivity index (χ0) is 23.4. The summed E-state index contributed by atoms with van der Waals surface area (Å²) in [5.41, 5.74) is 9.25. The Hall–Kier alpha value is -4.55. The number of aliphatic hydroxyl groups is 1. The summed E-state index contributed by atoms with van der Waals surface area (Å²) < 4.78 is 1.66. The summed E-state index contributed by atoms with van der Waals surface area (Å²) in [6, 6.07) is 18.2. The molecular formula is C24H21N7O2. The number of amides is 1. The van der Waals surface area contributed by atoms with Crippen molar-refractivity contribution < 1.29 is 9.90 Å². The summed E-state index contributed by atoms with van der Waals surface area (Å²) in [5, 5.41) is 24.0. The van der Waals surface area contributed by atoms with E-state index in [1.165, 1.54) is 11.2 Å². The van der Waals surface area contributed by atoms with E-state index >= 15 is 0 Å². The maximum absolute atomic E-state index is 12.8. The molecule has 0 saturated heterocycles. The zero-order valence-corrected chi connectivity index (χ0v) is 17.7. The Morgan fingerprint density at radius 3 is 2.70 bits per heavy atom. The molecule has 0 aliphatic heterocycles. The number of carbonyl (C=O) groups is 1. The molecule has 2 aromatic carbocycles. The molecule has 33 heavy (non-hydrogen) atoms. The van der Waals surface area contributed by atoms with E-state index in [1.54, 1.807) is 16.8 Å². The highest BCUT2D eigenvalue weighted by Gasteiger charge is 2.21. The Labute approximate surface area is 190 Å². The maximum Gasteiger partial charge on any atom is 0.268 e. The minimum Gasteiger partial charge on any atom is -0.392 e. The molecule has 9 heteroatoms. The molecule has 0 saturated carbocycles. The van der Waals surface area contributed by atoms with Gasteiger partial charge in [0, 0.05) is 17.8 Å². The fraction of sp³-hybridized carbons (Fsp3) is 0.125. The zero-order valence-electron chi connectivity index (χ0n) is 17.7. The molecule has 1 amide bonds. The molecule has 3 N–H and O–H groups in total. The van der Waals surface area contributed by atoms with Gasteiger partial charge in [0.1, 0.15) is 29.5 Å². The number of anilines is 2. The van der Waals surface area contributed by atoms with Gasteiger partial charge in [-0.1, -0.05) is 43.0 Å². The number of hydrogen-bond acceptors (Lipinski definition) is 7. The molecule has 9 nitrogen and oxygen atoms in total. The number of nitrogen functional groups attached to an aromatic ring is 1. The molecule has 4 rings (SSSR count). The third-order valence-corrected chi connectivity index (χ3v) is 5.18. The van der Waals surface area contributed by atoms with E-state index in [2.05, 4.69) is 16.5 Å². The van der Waals surface area contributed by atoms with Crippen LogP contribution in [0.2, 0.25) is 0 Å². The first-order chi connectivity index (χ1) is 16.0. The van der Waals surface area contributed by atoms with E-state index in [0.717, 1.165) is 11.1 Å². The third kappa shape index (κ3) is 4.28. The van der Waals surface area contributed by atoms with Gasteiger partial charge in [0.05, 0.1) is 18.5 Å². The number of carbonyl (C=O) groups excluding carboxylic acids is 1. The quantitative estimate of drug-likeness (QED) is 0.334. The molecule has 2 aromatic heterocycles. The molecule has 0 aliphatic carbocycles. The van der Waals surface area contributed by atoms with E-state index in [0.29, 0.717) is 22.4 Å². The molecule has 4 aromatic rings. The SMILES string of the molecule is C=C(C#N)C(=O)N(CCn1nc(-c2cccc(CO)c2)c2c(N)ncnc21)c1ccccc1. The lowest BCUT2D eigenvalue weighted by Crippen LogP contribution is -2.34. The summed E-state index contributed by atoms with van der Waals surface area (Å²) in [6.07, 6.45) is 1.36. The Morgan fingerprint density at radius 2 is 1.97 bits per heavy atom. The van der Waals surface area contributed by atoms with Gasteiger partial charge >= 0.3 is 0 Å². The van der Waals surface area contributed by atoms with Crippen LogP contribution in [-0.4, -0.2) is 37.3 Å².